The molecule has 0 amide bonds. The lowest BCUT2D eigenvalue weighted by Gasteiger charge is -2.25. The Bertz CT molecular complexity index is 1300. The Morgan fingerprint density at radius 1 is 1.29 bits per heavy atom. The molecule has 3 heterocycles. The van der Waals surface area contributed by atoms with E-state index < -0.39 is 28.0 Å². The van der Waals surface area contributed by atoms with Crippen LogP contribution in [0, 0.1) is 12.7 Å². The van der Waals surface area contributed by atoms with Gasteiger partial charge in [0.25, 0.3) is 0 Å². The van der Waals surface area contributed by atoms with E-state index >= 15 is 0 Å². The van der Waals surface area contributed by atoms with Crippen molar-refractivity contribution in [2.75, 3.05) is 6.54 Å². The lowest BCUT2D eigenvalue weighted by molar-refractivity contribution is -0.192. The summed E-state index contributed by atoms with van der Waals surface area (Å²) in [7, 11) is -3.83. The third-order valence-electron chi connectivity index (χ3n) is 4.91. The average Bonchev–Trinajstić information content (AvgIpc) is 3.22. The quantitative estimate of drug-likeness (QED) is 0.511. The molecule has 2 aromatic heterocycles. The minimum Gasteiger partial charge on any atom is -0.486 e. The molecular weight excluding hydrogens is 498 g/mol. The highest BCUT2D eigenvalue weighted by molar-refractivity contribution is 7.89. The van der Waals surface area contributed by atoms with E-state index in [0.717, 1.165) is 6.07 Å². The van der Waals surface area contributed by atoms with Crippen molar-refractivity contribution < 1.29 is 45.1 Å². The summed E-state index contributed by atoms with van der Waals surface area (Å²) in [6, 6.07) is 7.46. The van der Waals surface area contributed by atoms with Gasteiger partial charge in [-0.15, -0.1) is 0 Å². The fourth-order valence-electron chi connectivity index (χ4n) is 3.02. The van der Waals surface area contributed by atoms with Crippen molar-refractivity contribution in [3.63, 3.8) is 0 Å². The van der Waals surface area contributed by atoms with Gasteiger partial charge in [-0.1, -0.05) is 11.2 Å². The van der Waals surface area contributed by atoms with Gasteiger partial charge in [0.2, 0.25) is 10.0 Å². The largest absolute Gasteiger partial charge is 0.490 e. The van der Waals surface area contributed by atoms with Gasteiger partial charge >= 0.3 is 12.1 Å². The van der Waals surface area contributed by atoms with Gasteiger partial charge in [-0.2, -0.15) is 17.5 Å². The number of sulfonamides is 1. The van der Waals surface area contributed by atoms with E-state index in [9.17, 15) is 26.0 Å². The van der Waals surface area contributed by atoms with Crippen molar-refractivity contribution in [1.82, 2.24) is 14.4 Å². The molecule has 9 nitrogen and oxygen atoms in total. The first-order chi connectivity index (χ1) is 16.4. The smallest absolute Gasteiger partial charge is 0.486 e. The Morgan fingerprint density at radius 3 is 2.60 bits per heavy atom. The van der Waals surface area contributed by atoms with Gasteiger partial charge < -0.3 is 14.4 Å². The molecule has 0 atom stereocenters. The maximum absolute atomic E-state index is 13.9. The lowest BCUT2D eigenvalue weighted by atomic mass is 10.1. The van der Waals surface area contributed by atoms with E-state index in [0.29, 0.717) is 34.8 Å². The topological polar surface area (TPSA) is 123 Å². The number of ether oxygens (including phenoxy) is 1. The number of aryl methyl sites for hydroxylation is 1. The fourth-order valence-corrected chi connectivity index (χ4v) is 4.45. The van der Waals surface area contributed by atoms with Crippen LogP contribution in [0.4, 0.5) is 17.6 Å². The van der Waals surface area contributed by atoms with Crippen LogP contribution in [0.5, 0.6) is 5.75 Å². The number of carboxylic acids is 1. The molecule has 35 heavy (non-hydrogen) atoms. The maximum Gasteiger partial charge on any atom is 0.490 e. The highest BCUT2D eigenvalue weighted by Crippen LogP contribution is 2.28. The third-order valence-corrected chi connectivity index (χ3v) is 6.75. The van der Waals surface area contributed by atoms with E-state index in [1.807, 2.05) is 0 Å². The predicted octanol–water partition coefficient (Wildman–Crippen LogP) is 3.48. The zero-order valence-corrected chi connectivity index (χ0v) is 18.9. The van der Waals surface area contributed by atoms with Crippen molar-refractivity contribution in [3.05, 3.63) is 71.1 Å². The Kier molecular flexibility index (Phi) is 7.75. The molecule has 0 saturated heterocycles. The highest BCUT2D eigenvalue weighted by Gasteiger charge is 2.38. The number of aromatic nitrogens is 2. The number of hydrogen-bond acceptors (Lipinski definition) is 7. The number of halogens is 4. The number of fused-ring (bicyclic) bond motifs is 1. The summed E-state index contributed by atoms with van der Waals surface area (Å²) in [5.41, 5.74) is 1.62. The molecule has 0 fully saturated rings. The van der Waals surface area contributed by atoms with Gasteiger partial charge in [0.05, 0.1) is 11.1 Å². The van der Waals surface area contributed by atoms with Crippen molar-refractivity contribution in [3.8, 4) is 5.75 Å². The molecule has 1 aromatic carbocycles. The summed E-state index contributed by atoms with van der Waals surface area (Å²) in [6.45, 7) is 2.06. The van der Waals surface area contributed by atoms with Gasteiger partial charge in [0, 0.05) is 31.3 Å². The second-order valence-corrected chi connectivity index (χ2v) is 9.25. The van der Waals surface area contributed by atoms with Gasteiger partial charge in [0.15, 0.2) is 0 Å². The average molecular weight is 517 g/mol. The molecule has 0 aliphatic carbocycles. The lowest BCUT2D eigenvalue weighted by Crippen LogP contribution is -2.36. The summed E-state index contributed by atoms with van der Waals surface area (Å²) in [4.78, 5) is 12.8. The van der Waals surface area contributed by atoms with Crippen LogP contribution in [0.3, 0.4) is 0 Å². The number of carboxylic acid groups (broad SMARTS) is 1. The van der Waals surface area contributed by atoms with E-state index in [2.05, 4.69) is 10.1 Å². The molecule has 188 valence electrons. The summed E-state index contributed by atoms with van der Waals surface area (Å²) in [5.74, 6) is -2.08. The van der Waals surface area contributed by atoms with E-state index in [-0.39, 0.29) is 24.6 Å². The third kappa shape index (κ3) is 6.33. The monoisotopic (exact) mass is 517 g/mol. The Morgan fingerprint density at radius 2 is 2.00 bits per heavy atom. The van der Waals surface area contributed by atoms with Crippen LogP contribution >= 0.6 is 0 Å². The number of hydrogen-bond donors (Lipinski definition) is 1. The standard InChI is InChI=1S/C19H18FN3O4S.C2HF3O2/c1-13-4-5-15(9-17(13)20)28(24,25)23-8-6-19-16(11-23)18(22-27-19)12-26-14-3-2-7-21-10-14;3-2(4,5)1(6)7/h2-5,7,9-10H,6,8,11-12H2,1H3;(H,6,7). The summed E-state index contributed by atoms with van der Waals surface area (Å²) in [5, 5.41) is 11.2. The van der Waals surface area contributed by atoms with Crippen LogP contribution in [0.1, 0.15) is 22.6 Å². The minimum absolute atomic E-state index is 0.0661. The summed E-state index contributed by atoms with van der Waals surface area (Å²) < 4.78 is 83.8. The number of benzene rings is 1. The van der Waals surface area contributed by atoms with E-state index in [1.54, 1.807) is 31.5 Å². The molecule has 14 heteroatoms. The fraction of sp³-hybridized carbons (Fsp3) is 0.286. The van der Waals surface area contributed by atoms with Gasteiger partial charge in [-0.3, -0.25) is 4.98 Å². The van der Waals surface area contributed by atoms with Crippen molar-refractivity contribution >= 4 is 16.0 Å². The highest BCUT2D eigenvalue weighted by atomic mass is 32.2. The molecule has 0 saturated carbocycles. The van der Waals surface area contributed by atoms with E-state index in [1.165, 1.54) is 16.4 Å². The van der Waals surface area contributed by atoms with Gasteiger partial charge in [-0.05, 0) is 36.8 Å². The number of aliphatic carboxylic acids is 1. The second-order valence-electron chi connectivity index (χ2n) is 7.31. The van der Waals surface area contributed by atoms with Crippen LogP contribution in [0.2, 0.25) is 0 Å². The molecular formula is C21H19F4N3O6S. The summed E-state index contributed by atoms with van der Waals surface area (Å²) in [6.07, 6.45) is -1.47. The minimum atomic E-state index is -5.08. The molecule has 4 rings (SSSR count). The predicted molar refractivity (Wildman–Crippen MR) is 111 cm³/mol. The van der Waals surface area contributed by atoms with Crippen LogP contribution in [0.15, 0.2) is 52.1 Å². The molecule has 0 radical (unpaired) electrons. The van der Waals surface area contributed by atoms with Crippen LogP contribution in [0.25, 0.3) is 0 Å². The number of nitrogens with zero attached hydrogens (tertiary/aromatic N) is 3. The molecule has 1 aliphatic rings. The molecule has 0 bridgehead atoms. The molecule has 1 N–H and O–H groups in total. The zero-order chi connectivity index (χ0) is 25.8. The van der Waals surface area contributed by atoms with Gasteiger partial charge in [0.1, 0.15) is 29.6 Å². The first kappa shape index (κ1) is 26.1. The number of pyridine rings is 1. The van der Waals surface area contributed by atoms with Crippen LogP contribution in [-0.2, 0) is 34.4 Å². The number of carbonyl (C=O) groups is 1. The molecule has 0 unspecified atom stereocenters. The van der Waals surface area contributed by atoms with Crippen LogP contribution in [-0.4, -0.2) is 46.7 Å². The number of rotatable bonds is 5. The van der Waals surface area contributed by atoms with Crippen molar-refractivity contribution in [1.29, 1.82) is 0 Å². The molecule has 3 aromatic rings. The molecule has 1 aliphatic heterocycles. The Labute approximate surface area is 197 Å². The Hall–Kier alpha value is -3.52. The number of alkyl halides is 3. The maximum atomic E-state index is 13.9. The normalized spacial score (nSPS) is 14.0. The summed E-state index contributed by atoms with van der Waals surface area (Å²) >= 11 is 0. The van der Waals surface area contributed by atoms with Crippen molar-refractivity contribution in [2.24, 2.45) is 0 Å². The first-order valence-electron chi connectivity index (χ1n) is 9.95. The SMILES string of the molecule is Cc1ccc(S(=O)(=O)N2CCc3onc(COc4cccnc4)c3C2)cc1F.O=C(O)C(F)(F)F. The second kappa shape index (κ2) is 10.4. The zero-order valence-electron chi connectivity index (χ0n) is 18.1. The van der Waals surface area contributed by atoms with Crippen LogP contribution < -0.4 is 4.74 Å². The van der Waals surface area contributed by atoms with E-state index in [4.69, 9.17) is 19.2 Å². The van der Waals surface area contributed by atoms with Crippen molar-refractivity contribution in [2.45, 2.75) is 37.6 Å². The Balaban J connectivity index is 0.000000429. The van der Waals surface area contributed by atoms with Gasteiger partial charge in [-0.25, -0.2) is 17.6 Å². The molecule has 0 spiro atoms. The first-order valence-corrected chi connectivity index (χ1v) is 11.4.